The summed E-state index contributed by atoms with van der Waals surface area (Å²) in [5.74, 6) is 0.770. The quantitative estimate of drug-likeness (QED) is 0.629. The third-order valence-electron chi connectivity index (χ3n) is 2.46. The third kappa shape index (κ3) is 1.96. The molecule has 0 aromatic carbocycles. The van der Waals surface area contributed by atoms with Crippen LogP contribution < -0.4 is 5.73 Å². The fourth-order valence-electron chi connectivity index (χ4n) is 1.60. The van der Waals surface area contributed by atoms with Gasteiger partial charge in [0.1, 0.15) is 0 Å². The normalized spacial score (nSPS) is 34.2. The van der Waals surface area contributed by atoms with E-state index in [9.17, 15) is 0 Å². The number of methoxy groups -OCH3 is 1. The second-order valence-corrected chi connectivity index (χ2v) is 3.11. The Bertz CT molecular complexity index is 75.3. The lowest BCUT2D eigenvalue weighted by molar-refractivity contribution is 0.0580. The first-order valence-corrected chi connectivity index (χ1v) is 4.09. The Kier molecular flexibility index (Phi) is 3.16. The van der Waals surface area contributed by atoms with Crippen LogP contribution in [0.5, 0.6) is 0 Å². The van der Waals surface area contributed by atoms with Crippen LogP contribution in [-0.2, 0) is 4.74 Å². The first kappa shape index (κ1) is 8.02. The molecule has 0 radical (unpaired) electrons. The van der Waals surface area contributed by atoms with Crippen molar-refractivity contribution in [2.45, 2.75) is 31.8 Å². The van der Waals surface area contributed by atoms with Crippen molar-refractivity contribution in [2.75, 3.05) is 13.7 Å². The van der Waals surface area contributed by atoms with Gasteiger partial charge in [-0.05, 0) is 38.1 Å². The van der Waals surface area contributed by atoms with Crippen LogP contribution in [-0.4, -0.2) is 19.8 Å². The van der Waals surface area contributed by atoms with Gasteiger partial charge in [0.05, 0.1) is 6.10 Å². The molecule has 1 fully saturated rings. The Hall–Kier alpha value is -0.0800. The van der Waals surface area contributed by atoms with Gasteiger partial charge in [0.15, 0.2) is 0 Å². The van der Waals surface area contributed by atoms with Crippen LogP contribution in [0.1, 0.15) is 25.7 Å². The molecule has 0 unspecified atom stereocenters. The number of hydrogen-bond donors (Lipinski definition) is 1. The van der Waals surface area contributed by atoms with Crippen LogP contribution in [0.2, 0.25) is 0 Å². The Morgan fingerprint density at radius 2 is 1.90 bits per heavy atom. The molecule has 0 atom stereocenters. The lowest BCUT2D eigenvalue weighted by Crippen LogP contribution is -2.24. The molecule has 1 aliphatic rings. The zero-order valence-corrected chi connectivity index (χ0v) is 6.68. The second-order valence-electron chi connectivity index (χ2n) is 3.11. The Morgan fingerprint density at radius 1 is 1.30 bits per heavy atom. The lowest BCUT2D eigenvalue weighted by atomic mass is 9.87. The van der Waals surface area contributed by atoms with Crippen molar-refractivity contribution in [3.05, 3.63) is 0 Å². The van der Waals surface area contributed by atoms with Gasteiger partial charge in [-0.3, -0.25) is 0 Å². The van der Waals surface area contributed by atoms with Crippen LogP contribution >= 0.6 is 0 Å². The molecular formula is C8H17NO. The first-order chi connectivity index (χ1) is 4.86. The number of rotatable bonds is 2. The molecule has 0 amide bonds. The lowest BCUT2D eigenvalue weighted by Gasteiger charge is -2.26. The molecule has 0 aromatic heterocycles. The average Bonchev–Trinajstić information content (AvgIpc) is 2.05. The molecule has 0 saturated heterocycles. The molecule has 2 heteroatoms. The van der Waals surface area contributed by atoms with Crippen molar-refractivity contribution in [1.29, 1.82) is 0 Å². The highest BCUT2D eigenvalue weighted by molar-refractivity contribution is 4.72. The predicted molar refractivity (Wildman–Crippen MR) is 41.8 cm³/mol. The molecule has 0 aromatic rings. The molecule has 60 valence electrons. The van der Waals surface area contributed by atoms with Gasteiger partial charge in [-0.15, -0.1) is 0 Å². The summed E-state index contributed by atoms with van der Waals surface area (Å²) in [5.41, 5.74) is 5.55. The molecular weight excluding hydrogens is 126 g/mol. The zero-order valence-electron chi connectivity index (χ0n) is 6.68. The summed E-state index contributed by atoms with van der Waals surface area (Å²) in [6.07, 6.45) is 5.45. The van der Waals surface area contributed by atoms with Crippen molar-refractivity contribution < 1.29 is 4.74 Å². The minimum atomic E-state index is 0.516. The first-order valence-electron chi connectivity index (χ1n) is 4.09. The topological polar surface area (TPSA) is 35.2 Å². The van der Waals surface area contributed by atoms with E-state index in [0.29, 0.717) is 6.10 Å². The SMILES string of the molecule is CO[C@H]1CC[C@H](CN)CC1. The van der Waals surface area contributed by atoms with E-state index in [1.54, 1.807) is 7.11 Å². The fraction of sp³-hybridized carbons (Fsp3) is 1.00. The van der Waals surface area contributed by atoms with Gasteiger partial charge in [0.2, 0.25) is 0 Å². The van der Waals surface area contributed by atoms with E-state index < -0.39 is 0 Å². The fourth-order valence-corrected chi connectivity index (χ4v) is 1.60. The highest BCUT2D eigenvalue weighted by atomic mass is 16.5. The summed E-state index contributed by atoms with van der Waals surface area (Å²) >= 11 is 0. The van der Waals surface area contributed by atoms with Gasteiger partial charge in [0, 0.05) is 7.11 Å². The van der Waals surface area contributed by atoms with E-state index in [2.05, 4.69) is 0 Å². The van der Waals surface area contributed by atoms with Gasteiger partial charge in [0.25, 0.3) is 0 Å². The molecule has 2 nitrogen and oxygen atoms in total. The molecule has 0 bridgehead atoms. The summed E-state index contributed by atoms with van der Waals surface area (Å²) in [7, 11) is 1.80. The van der Waals surface area contributed by atoms with Crippen LogP contribution in [0.4, 0.5) is 0 Å². The monoisotopic (exact) mass is 143 g/mol. The number of hydrogen-bond acceptors (Lipinski definition) is 2. The van der Waals surface area contributed by atoms with E-state index in [1.807, 2.05) is 0 Å². The van der Waals surface area contributed by atoms with E-state index in [1.165, 1.54) is 25.7 Å². The molecule has 1 saturated carbocycles. The zero-order chi connectivity index (χ0) is 7.40. The van der Waals surface area contributed by atoms with Crippen molar-refractivity contribution in [1.82, 2.24) is 0 Å². The highest BCUT2D eigenvalue weighted by Crippen LogP contribution is 2.24. The van der Waals surface area contributed by atoms with Gasteiger partial charge < -0.3 is 10.5 Å². The minimum Gasteiger partial charge on any atom is -0.381 e. The van der Waals surface area contributed by atoms with Crippen molar-refractivity contribution in [3.63, 3.8) is 0 Å². The largest absolute Gasteiger partial charge is 0.381 e. The van der Waals surface area contributed by atoms with Crippen LogP contribution in [0.15, 0.2) is 0 Å². The number of nitrogens with two attached hydrogens (primary N) is 1. The van der Waals surface area contributed by atoms with Crippen LogP contribution in [0.3, 0.4) is 0 Å². The van der Waals surface area contributed by atoms with Crippen molar-refractivity contribution >= 4 is 0 Å². The van der Waals surface area contributed by atoms with E-state index in [0.717, 1.165) is 12.5 Å². The third-order valence-corrected chi connectivity index (χ3v) is 2.46. The highest BCUT2D eigenvalue weighted by Gasteiger charge is 2.18. The van der Waals surface area contributed by atoms with Crippen molar-refractivity contribution in [2.24, 2.45) is 11.7 Å². The maximum Gasteiger partial charge on any atom is 0.0571 e. The molecule has 0 aliphatic heterocycles. The Labute approximate surface area is 62.7 Å². The van der Waals surface area contributed by atoms with Crippen molar-refractivity contribution in [3.8, 4) is 0 Å². The summed E-state index contributed by atoms with van der Waals surface area (Å²) in [4.78, 5) is 0. The smallest absolute Gasteiger partial charge is 0.0571 e. The predicted octanol–water partition coefficient (Wildman–Crippen LogP) is 1.15. The summed E-state index contributed by atoms with van der Waals surface area (Å²) in [6.45, 7) is 0.858. The van der Waals surface area contributed by atoms with E-state index in [4.69, 9.17) is 10.5 Å². The van der Waals surface area contributed by atoms with E-state index >= 15 is 0 Å². The molecule has 0 heterocycles. The Morgan fingerprint density at radius 3 is 2.30 bits per heavy atom. The van der Waals surface area contributed by atoms with Gasteiger partial charge in [-0.1, -0.05) is 0 Å². The average molecular weight is 143 g/mol. The maximum atomic E-state index is 5.55. The molecule has 0 spiro atoms. The van der Waals surface area contributed by atoms with Crippen LogP contribution in [0.25, 0.3) is 0 Å². The Balaban J connectivity index is 2.17. The van der Waals surface area contributed by atoms with E-state index in [-0.39, 0.29) is 0 Å². The second kappa shape index (κ2) is 3.94. The van der Waals surface area contributed by atoms with Gasteiger partial charge in [-0.25, -0.2) is 0 Å². The van der Waals surface area contributed by atoms with Gasteiger partial charge >= 0.3 is 0 Å². The molecule has 1 rings (SSSR count). The summed E-state index contributed by atoms with van der Waals surface area (Å²) < 4.78 is 5.24. The standard InChI is InChI=1S/C8H17NO/c1-10-8-4-2-7(6-9)3-5-8/h7-8H,2-6,9H2,1H3/t7-,8-. The molecule has 2 N–H and O–H groups in total. The van der Waals surface area contributed by atoms with Crippen LogP contribution in [0, 0.1) is 5.92 Å². The number of ether oxygens (including phenoxy) is 1. The minimum absolute atomic E-state index is 0.516. The maximum absolute atomic E-state index is 5.55. The molecule has 1 aliphatic carbocycles. The summed E-state index contributed by atoms with van der Waals surface area (Å²) in [5, 5.41) is 0. The molecule has 10 heavy (non-hydrogen) atoms. The van der Waals surface area contributed by atoms with Gasteiger partial charge in [-0.2, -0.15) is 0 Å². The summed E-state index contributed by atoms with van der Waals surface area (Å²) in [6, 6.07) is 0.